The van der Waals surface area contributed by atoms with Crippen molar-refractivity contribution in [3.63, 3.8) is 0 Å². The van der Waals surface area contributed by atoms with E-state index in [1.54, 1.807) is 0 Å². The van der Waals surface area contributed by atoms with Crippen molar-refractivity contribution in [2.75, 3.05) is 0 Å². The molecule has 2 fully saturated rings. The first-order valence-electron chi connectivity index (χ1n) is 7.34. The Labute approximate surface area is 122 Å². The van der Waals surface area contributed by atoms with Crippen LogP contribution in [0.3, 0.4) is 0 Å². The number of aryl methyl sites for hydroxylation is 1. The lowest BCUT2D eigenvalue weighted by molar-refractivity contribution is 0.0913. The lowest BCUT2D eigenvalue weighted by atomic mass is 9.95. The average molecular weight is 325 g/mol. The van der Waals surface area contributed by atoms with E-state index in [1.165, 1.54) is 25.7 Å². The van der Waals surface area contributed by atoms with Gasteiger partial charge in [0.1, 0.15) is 5.69 Å². The van der Waals surface area contributed by atoms with Gasteiger partial charge in [-0.05, 0) is 59.5 Å². The molecule has 3 rings (SSSR count). The molecule has 1 amide bonds. The first-order valence-corrected chi connectivity index (χ1v) is 8.13. The summed E-state index contributed by atoms with van der Waals surface area (Å²) in [6.07, 6.45) is 8.22. The first-order chi connectivity index (χ1) is 9.17. The molecule has 3 nitrogen and oxygen atoms in total. The molecule has 0 spiro atoms. The molecule has 0 radical (unpaired) electrons. The van der Waals surface area contributed by atoms with Crippen molar-refractivity contribution < 1.29 is 4.79 Å². The highest BCUT2D eigenvalue weighted by Gasteiger charge is 2.40. The summed E-state index contributed by atoms with van der Waals surface area (Å²) in [7, 11) is 0. The largest absolute Gasteiger partial charge is 0.348 e. The van der Waals surface area contributed by atoms with E-state index in [2.05, 4.69) is 28.2 Å². The fourth-order valence-electron chi connectivity index (χ4n) is 3.75. The molecule has 1 aromatic rings. The van der Waals surface area contributed by atoms with Gasteiger partial charge in [0.05, 0.1) is 0 Å². The number of fused-ring (bicyclic) bond motifs is 2. The van der Waals surface area contributed by atoms with Gasteiger partial charge in [-0.2, -0.15) is 0 Å². The van der Waals surface area contributed by atoms with Gasteiger partial charge in [0.2, 0.25) is 0 Å². The fourth-order valence-corrected chi connectivity index (χ4v) is 4.22. The predicted octanol–water partition coefficient (Wildman–Crippen LogP) is 3.58. The molecule has 0 aromatic carbocycles. The van der Waals surface area contributed by atoms with E-state index in [0.29, 0.717) is 6.04 Å². The molecule has 2 aliphatic carbocycles. The minimum absolute atomic E-state index is 0.0942. The molecular formula is C15H21BrN2O. The number of rotatable bonds is 4. The van der Waals surface area contributed by atoms with E-state index in [-0.39, 0.29) is 5.91 Å². The molecule has 3 unspecified atom stereocenters. The van der Waals surface area contributed by atoms with Crippen molar-refractivity contribution in [3.8, 4) is 0 Å². The average Bonchev–Trinajstić information content (AvgIpc) is 3.05. The molecule has 0 saturated heterocycles. The number of carbonyl (C=O) groups excluding carboxylic acids is 1. The molecule has 2 aliphatic rings. The van der Waals surface area contributed by atoms with Gasteiger partial charge in [-0.25, -0.2) is 0 Å². The number of nitrogens with one attached hydrogen (secondary N) is 1. The summed E-state index contributed by atoms with van der Waals surface area (Å²) in [5.74, 6) is 1.69. The number of hydrogen-bond acceptors (Lipinski definition) is 1. The Bertz CT molecular complexity index is 482. The fraction of sp³-hybridized carbons (Fsp3) is 0.667. The molecule has 4 heteroatoms. The highest BCUT2D eigenvalue weighted by molar-refractivity contribution is 9.10. The van der Waals surface area contributed by atoms with Crippen LogP contribution in [-0.4, -0.2) is 16.5 Å². The summed E-state index contributed by atoms with van der Waals surface area (Å²) in [5, 5.41) is 3.26. The Balaban J connectivity index is 1.70. The smallest absolute Gasteiger partial charge is 0.268 e. The first kappa shape index (κ1) is 13.2. The highest BCUT2D eigenvalue weighted by atomic mass is 79.9. The quantitative estimate of drug-likeness (QED) is 0.902. The van der Waals surface area contributed by atoms with Crippen molar-refractivity contribution in [1.82, 2.24) is 9.88 Å². The maximum Gasteiger partial charge on any atom is 0.268 e. The van der Waals surface area contributed by atoms with Crippen LogP contribution in [0.15, 0.2) is 16.7 Å². The van der Waals surface area contributed by atoms with E-state index in [0.717, 1.165) is 35.0 Å². The topological polar surface area (TPSA) is 34.0 Å². The van der Waals surface area contributed by atoms with Crippen molar-refractivity contribution in [3.05, 3.63) is 22.4 Å². The van der Waals surface area contributed by atoms with E-state index >= 15 is 0 Å². The van der Waals surface area contributed by atoms with Gasteiger partial charge in [-0.3, -0.25) is 4.79 Å². The molecule has 1 aromatic heterocycles. The van der Waals surface area contributed by atoms with Crippen LogP contribution in [0.2, 0.25) is 0 Å². The molecule has 1 heterocycles. The second-order valence-electron chi connectivity index (χ2n) is 5.99. The third-order valence-electron chi connectivity index (χ3n) is 4.61. The minimum Gasteiger partial charge on any atom is -0.348 e. The zero-order chi connectivity index (χ0) is 13.4. The van der Waals surface area contributed by atoms with Gasteiger partial charge in [-0.15, -0.1) is 0 Å². The van der Waals surface area contributed by atoms with Gasteiger partial charge in [0.25, 0.3) is 5.91 Å². The summed E-state index contributed by atoms with van der Waals surface area (Å²) in [6.45, 7) is 3.02. The summed E-state index contributed by atoms with van der Waals surface area (Å²) in [4.78, 5) is 12.4. The number of aromatic nitrogens is 1. The van der Waals surface area contributed by atoms with Crippen molar-refractivity contribution in [2.45, 2.75) is 51.6 Å². The molecular weight excluding hydrogens is 304 g/mol. The lowest BCUT2D eigenvalue weighted by Crippen LogP contribution is -2.39. The van der Waals surface area contributed by atoms with E-state index in [1.807, 2.05) is 16.8 Å². The molecule has 2 bridgehead atoms. The molecule has 3 atom stereocenters. The number of hydrogen-bond donors (Lipinski definition) is 1. The van der Waals surface area contributed by atoms with Crippen LogP contribution >= 0.6 is 15.9 Å². The van der Waals surface area contributed by atoms with Gasteiger partial charge in [0.15, 0.2) is 0 Å². The van der Waals surface area contributed by atoms with Crippen molar-refractivity contribution >= 4 is 21.8 Å². The Morgan fingerprint density at radius 1 is 1.47 bits per heavy atom. The van der Waals surface area contributed by atoms with Gasteiger partial charge < -0.3 is 9.88 Å². The van der Waals surface area contributed by atoms with E-state index in [4.69, 9.17) is 0 Å². The number of halogens is 1. The zero-order valence-electron chi connectivity index (χ0n) is 11.4. The second kappa shape index (κ2) is 5.31. The van der Waals surface area contributed by atoms with E-state index < -0.39 is 0 Å². The predicted molar refractivity (Wildman–Crippen MR) is 79.1 cm³/mol. The van der Waals surface area contributed by atoms with Crippen LogP contribution in [0, 0.1) is 11.8 Å². The van der Waals surface area contributed by atoms with Crippen molar-refractivity contribution in [2.24, 2.45) is 11.8 Å². The third-order valence-corrected chi connectivity index (χ3v) is 5.05. The van der Waals surface area contributed by atoms with Crippen LogP contribution in [0.1, 0.15) is 49.5 Å². The minimum atomic E-state index is 0.0942. The van der Waals surface area contributed by atoms with Crippen molar-refractivity contribution in [1.29, 1.82) is 0 Å². The Kier molecular flexibility index (Phi) is 3.70. The molecule has 2 saturated carbocycles. The second-order valence-corrected chi connectivity index (χ2v) is 6.91. The normalized spacial score (nSPS) is 28.8. The summed E-state index contributed by atoms with van der Waals surface area (Å²) in [6, 6.07) is 2.34. The van der Waals surface area contributed by atoms with Crippen LogP contribution in [0.25, 0.3) is 0 Å². The van der Waals surface area contributed by atoms with E-state index in [9.17, 15) is 4.79 Å². The Hall–Kier alpha value is -0.770. The molecule has 19 heavy (non-hydrogen) atoms. The van der Waals surface area contributed by atoms with Crippen LogP contribution in [-0.2, 0) is 6.54 Å². The summed E-state index contributed by atoms with van der Waals surface area (Å²) < 4.78 is 3.03. The summed E-state index contributed by atoms with van der Waals surface area (Å²) in [5.41, 5.74) is 0.788. The van der Waals surface area contributed by atoms with Gasteiger partial charge in [0, 0.05) is 23.3 Å². The molecule has 0 aliphatic heterocycles. The number of carbonyl (C=O) groups is 1. The van der Waals surface area contributed by atoms with Gasteiger partial charge in [-0.1, -0.05) is 13.3 Å². The molecule has 104 valence electrons. The number of nitrogens with zero attached hydrogens (tertiary/aromatic N) is 1. The maximum absolute atomic E-state index is 12.4. The Morgan fingerprint density at radius 3 is 2.95 bits per heavy atom. The number of amides is 1. The summed E-state index contributed by atoms with van der Waals surface area (Å²) >= 11 is 3.47. The highest BCUT2D eigenvalue weighted by Crippen LogP contribution is 2.44. The van der Waals surface area contributed by atoms with Crippen LogP contribution in [0.4, 0.5) is 0 Å². The standard InChI is InChI=1S/C15H21BrN2O/c1-2-5-18-9-12(16)8-14(18)15(19)17-13-7-10-3-4-11(13)6-10/h8-11,13H,2-7H2,1H3,(H,17,19). The SMILES string of the molecule is CCCn1cc(Br)cc1C(=O)NC1CC2CCC1C2. The Morgan fingerprint density at radius 2 is 2.32 bits per heavy atom. The maximum atomic E-state index is 12.4. The lowest BCUT2D eigenvalue weighted by Gasteiger charge is -2.23. The monoisotopic (exact) mass is 324 g/mol. The van der Waals surface area contributed by atoms with Crippen LogP contribution in [0.5, 0.6) is 0 Å². The van der Waals surface area contributed by atoms with Crippen LogP contribution < -0.4 is 5.32 Å². The molecule has 1 N–H and O–H groups in total. The van der Waals surface area contributed by atoms with Gasteiger partial charge >= 0.3 is 0 Å². The zero-order valence-corrected chi connectivity index (χ0v) is 12.9. The third kappa shape index (κ3) is 2.60.